The number of nitrogens with zero attached hydrogens (tertiary/aromatic N) is 5. The Bertz CT molecular complexity index is 1640. The molecule has 1 N–H and O–H groups in total. The van der Waals surface area contributed by atoms with Gasteiger partial charge in [0, 0.05) is 6.54 Å². The average Bonchev–Trinajstić information content (AvgIpc) is 3.82. The van der Waals surface area contributed by atoms with Crippen LogP contribution < -0.4 is 0 Å². The number of hydrogen-bond donors (Lipinski definition) is 1. The molecule has 3 aliphatic heterocycles. The van der Waals surface area contributed by atoms with Crippen LogP contribution in [-0.2, 0) is 36.9 Å². The van der Waals surface area contributed by atoms with E-state index in [2.05, 4.69) is 23.5 Å². The topological polar surface area (TPSA) is 127 Å². The molecule has 2 amide bonds. The van der Waals surface area contributed by atoms with Gasteiger partial charge in [-0.05, 0) is 56.2 Å². The van der Waals surface area contributed by atoms with E-state index in [-0.39, 0.29) is 38.2 Å². The summed E-state index contributed by atoms with van der Waals surface area (Å²) in [5.41, 5.74) is 0.146. The van der Waals surface area contributed by atoms with Crippen molar-refractivity contribution in [1.82, 2.24) is 24.8 Å². The predicted octanol–water partition coefficient (Wildman–Crippen LogP) is 3.67. The fourth-order valence-corrected chi connectivity index (χ4v) is 8.04. The first-order valence-corrected chi connectivity index (χ1v) is 16.5. The van der Waals surface area contributed by atoms with E-state index >= 15 is 4.79 Å². The molecule has 2 unspecified atom stereocenters. The third-order valence-corrected chi connectivity index (χ3v) is 10.2. The number of carbonyl (C=O) groups excluding carboxylic acids is 3. The molecule has 1 aromatic heterocycles. The Morgan fingerprint density at radius 2 is 1.91 bits per heavy atom. The van der Waals surface area contributed by atoms with Crippen molar-refractivity contribution in [3.8, 4) is 0 Å². The molecular formula is C36H43N5O6. The van der Waals surface area contributed by atoms with Crippen LogP contribution in [0.1, 0.15) is 44.6 Å². The van der Waals surface area contributed by atoms with Crippen LogP contribution >= 0.6 is 0 Å². The fourth-order valence-electron chi connectivity index (χ4n) is 8.04. The van der Waals surface area contributed by atoms with Gasteiger partial charge in [0.1, 0.15) is 29.7 Å². The standard InChI is InChI=1S/C36H43N5O6/c1-4-7-13-21-46-34(45)30-29-32(43)41(26(23-42)22-25-14-9-8-10-15-25)31(36(29)19-18-35(30,6-3)47-36)33(44)39(20-5-2)24-40-28-17-12-11-16-27(28)37-38-40/h4-5,8-12,14-17,26,29-31,42H,1-2,6-7,13,18-24H2,3H3/t26-,29+,30-,31?,35+,36?/m1/s1. The highest BCUT2D eigenvalue weighted by Crippen LogP contribution is 2.65. The number of benzene rings is 2. The van der Waals surface area contributed by atoms with Gasteiger partial charge >= 0.3 is 5.97 Å². The van der Waals surface area contributed by atoms with Gasteiger partial charge in [-0.15, -0.1) is 18.3 Å². The van der Waals surface area contributed by atoms with Crippen LogP contribution in [0, 0.1) is 11.8 Å². The molecule has 3 aromatic rings. The van der Waals surface area contributed by atoms with E-state index in [1.54, 1.807) is 21.7 Å². The highest BCUT2D eigenvalue weighted by molar-refractivity contribution is 5.98. The largest absolute Gasteiger partial charge is 0.465 e. The molecule has 6 atom stereocenters. The molecule has 0 saturated carbocycles. The van der Waals surface area contributed by atoms with E-state index in [9.17, 15) is 14.7 Å². The first-order valence-electron chi connectivity index (χ1n) is 16.5. The highest BCUT2D eigenvalue weighted by Gasteiger charge is 2.79. The van der Waals surface area contributed by atoms with Gasteiger partial charge in [0.15, 0.2) is 0 Å². The lowest BCUT2D eigenvalue weighted by atomic mass is 9.65. The molecule has 3 saturated heterocycles. The van der Waals surface area contributed by atoms with Crippen LogP contribution in [0.2, 0.25) is 0 Å². The lowest BCUT2D eigenvalue weighted by molar-refractivity contribution is -0.164. The maximum Gasteiger partial charge on any atom is 0.312 e. The summed E-state index contributed by atoms with van der Waals surface area (Å²) in [7, 11) is 0. The summed E-state index contributed by atoms with van der Waals surface area (Å²) in [6, 6.07) is 15.2. The zero-order valence-electron chi connectivity index (χ0n) is 26.9. The number of allylic oxidation sites excluding steroid dienone is 1. The van der Waals surface area contributed by atoms with E-state index in [4.69, 9.17) is 9.47 Å². The number of amides is 2. The van der Waals surface area contributed by atoms with E-state index in [1.165, 1.54) is 4.90 Å². The number of hydrogen-bond acceptors (Lipinski definition) is 8. The number of fused-ring (bicyclic) bond motifs is 2. The number of para-hydroxylation sites is 1. The van der Waals surface area contributed by atoms with E-state index < -0.39 is 41.1 Å². The molecule has 3 aliphatic rings. The number of unbranched alkanes of at least 4 members (excludes halogenated alkanes) is 1. The molecule has 2 aromatic carbocycles. The summed E-state index contributed by atoms with van der Waals surface area (Å²) in [5.74, 6) is -3.02. The Morgan fingerprint density at radius 1 is 1.15 bits per heavy atom. The predicted molar refractivity (Wildman–Crippen MR) is 175 cm³/mol. The van der Waals surface area contributed by atoms with Crippen molar-refractivity contribution in [1.29, 1.82) is 0 Å². The third-order valence-electron chi connectivity index (χ3n) is 10.2. The molecule has 11 heteroatoms. The number of rotatable bonds is 15. The maximum atomic E-state index is 15.0. The molecule has 2 bridgehead atoms. The van der Waals surface area contributed by atoms with E-state index in [1.807, 2.05) is 61.5 Å². The second-order valence-corrected chi connectivity index (χ2v) is 12.8. The third kappa shape index (κ3) is 5.55. The number of esters is 1. The summed E-state index contributed by atoms with van der Waals surface area (Å²) < 4.78 is 14.3. The van der Waals surface area contributed by atoms with Crippen LogP contribution in [0.25, 0.3) is 11.0 Å². The maximum absolute atomic E-state index is 15.0. The smallest absolute Gasteiger partial charge is 0.312 e. The first-order chi connectivity index (χ1) is 22.8. The molecular weight excluding hydrogens is 598 g/mol. The van der Waals surface area contributed by atoms with Gasteiger partial charge in [0.2, 0.25) is 11.8 Å². The van der Waals surface area contributed by atoms with Gasteiger partial charge in [-0.3, -0.25) is 14.4 Å². The van der Waals surface area contributed by atoms with E-state index in [0.29, 0.717) is 44.0 Å². The van der Waals surface area contributed by atoms with Crippen LogP contribution in [0.4, 0.5) is 0 Å². The van der Waals surface area contributed by atoms with Gasteiger partial charge in [0.25, 0.3) is 0 Å². The first kappa shape index (κ1) is 32.6. The summed E-state index contributed by atoms with van der Waals surface area (Å²) in [6.07, 6.45) is 6.45. The number of aromatic nitrogens is 3. The fraction of sp³-hybridized carbons (Fsp3) is 0.472. The monoisotopic (exact) mass is 641 g/mol. The minimum atomic E-state index is -1.27. The molecule has 47 heavy (non-hydrogen) atoms. The van der Waals surface area contributed by atoms with Crippen molar-refractivity contribution in [3.63, 3.8) is 0 Å². The minimum absolute atomic E-state index is 0.0564. The van der Waals surface area contributed by atoms with Crippen molar-refractivity contribution in [2.75, 3.05) is 19.8 Å². The lowest BCUT2D eigenvalue weighted by Crippen LogP contribution is -2.59. The average molecular weight is 642 g/mol. The van der Waals surface area contributed by atoms with Gasteiger partial charge in [0.05, 0.1) is 36.3 Å². The quantitative estimate of drug-likeness (QED) is 0.151. The van der Waals surface area contributed by atoms with E-state index in [0.717, 1.165) is 11.1 Å². The molecule has 0 radical (unpaired) electrons. The Morgan fingerprint density at radius 3 is 2.64 bits per heavy atom. The van der Waals surface area contributed by atoms with Crippen molar-refractivity contribution in [2.24, 2.45) is 11.8 Å². The number of carbonyl (C=O) groups is 3. The summed E-state index contributed by atoms with van der Waals surface area (Å²) in [5, 5.41) is 19.4. The van der Waals surface area contributed by atoms with Crippen LogP contribution in [0.3, 0.4) is 0 Å². The zero-order valence-corrected chi connectivity index (χ0v) is 26.9. The van der Waals surface area contributed by atoms with Crippen LogP contribution in [0.5, 0.6) is 0 Å². The molecule has 4 heterocycles. The van der Waals surface area contributed by atoms with Crippen molar-refractivity contribution in [2.45, 2.75) is 75.4 Å². The molecule has 6 rings (SSSR count). The Kier molecular flexibility index (Phi) is 9.29. The molecule has 248 valence electrons. The number of ether oxygens (including phenoxy) is 2. The van der Waals surface area contributed by atoms with Crippen LogP contribution in [0.15, 0.2) is 79.9 Å². The SMILES string of the molecule is C=CCCCOC(=O)[C@H]1[C@H]2C(=O)N([C@@H](CO)Cc3ccccc3)C(C(=O)N(CC=C)Cn3nnc4ccccc43)C23CC[C@]1(CC)O3. The number of aliphatic hydroxyl groups excluding tert-OH is 1. The van der Waals surface area contributed by atoms with Gasteiger partial charge in [-0.25, -0.2) is 4.68 Å². The Balaban J connectivity index is 1.41. The normalized spacial score (nSPS) is 26.7. The van der Waals surface area contributed by atoms with Crippen molar-refractivity contribution < 1.29 is 29.0 Å². The molecule has 0 aliphatic carbocycles. The van der Waals surface area contributed by atoms with Gasteiger partial charge in [-0.2, -0.15) is 0 Å². The Hall–Kier alpha value is -4.35. The van der Waals surface area contributed by atoms with Crippen molar-refractivity contribution in [3.05, 3.63) is 85.5 Å². The number of aliphatic hydroxyl groups is 1. The highest BCUT2D eigenvalue weighted by atomic mass is 16.6. The van der Waals surface area contributed by atoms with Gasteiger partial charge in [-0.1, -0.05) is 66.8 Å². The summed E-state index contributed by atoms with van der Waals surface area (Å²) in [6.45, 7) is 9.63. The van der Waals surface area contributed by atoms with Crippen molar-refractivity contribution >= 4 is 28.8 Å². The number of likely N-dealkylation sites (tertiary alicyclic amines) is 1. The van der Waals surface area contributed by atoms with Crippen LogP contribution in [-0.4, -0.2) is 90.7 Å². The lowest BCUT2D eigenvalue weighted by Gasteiger charge is -2.39. The minimum Gasteiger partial charge on any atom is -0.465 e. The summed E-state index contributed by atoms with van der Waals surface area (Å²) >= 11 is 0. The summed E-state index contributed by atoms with van der Waals surface area (Å²) in [4.78, 5) is 46.8. The second kappa shape index (κ2) is 13.4. The second-order valence-electron chi connectivity index (χ2n) is 12.8. The molecule has 3 fully saturated rings. The Labute approximate surface area is 274 Å². The van der Waals surface area contributed by atoms with Gasteiger partial charge < -0.3 is 24.4 Å². The molecule has 11 nitrogen and oxygen atoms in total. The molecule has 1 spiro atoms. The zero-order chi connectivity index (χ0) is 33.2.